The number of esters is 1. The fourth-order valence-corrected chi connectivity index (χ4v) is 1.77. The summed E-state index contributed by atoms with van der Waals surface area (Å²) in [7, 11) is 0. The molecule has 0 aliphatic heterocycles. The number of nitrogens with one attached hydrogen (secondary N) is 1. The van der Waals surface area contributed by atoms with E-state index in [0.29, 0.717) is 5.56 Å². The zero-order valence-corrected chi connectivity index (χ0v) is 12.2. The van der Waals surface area contributed by atoms with Crippen LogP contribution in [0.15, 0.2) is 36.4 Å². The summed E-state index contributed by atoms with van der Waals surface area (Å²) in [6.07, 6.45) is 0. The van der Waals surface area contributed by atoms with E-state index in [2.05, 4.69) is 5.32 Å². The monoisotopic (exact) mass is 319 g/mol. The number of hydrogen-bond acceptors (Lipinski definition) is 5. The molecule has 0 atom stereocenters. The molecule has 6 nitrogen and oxygen atoms in total. The third-order valence-corrected chi connectivity index (χ3v) is 2.99. The Bertz CT molecular complexity index is 760. The van der Waals surface area contributed by atoms with Crippen LogP contribution in [0.2, 0.25) is 0 Å². The van der Waals surface area contributed by atoms with Crippen molar-refractivity contribution in [1.29, 1.82) is 0 Å². The van der Waals surface area contributed by atoms with Crippen LogP contribution in [0.4, 0.5) is 10.1 Å². The maximum atomic E-state index is 13.4. The second-order valence-corrected chi connectivity index (χ2v) is 4.79. The molecule has 2 aromatic rings. The fourth-order valence-electron chi connectivity index (χ4n) is 1.77. The second-order valence-electron chi connectivity index (χ2n) is 4.79. The van der Waals surface area contributed by atoms with Crippen molar-refractivity contribution in [2.75, 3.05) is 11.9 Å². The summed E-state index contributed by atoms with van der Waals surface area (Å²) >= 11 is 0. The number of aromatic hydroxyl groups is 2. The van der Waals surface area contributed by atoms with Gasteiger partial charge in [-0.15, -0.1) is 0 Å². The van der Waals surface area contributed by atoms with E-state index in [4.69, 9.17) is 9.84 Å². The quantitative estimate of drug-likeness (QED) is 0.752. The van der Waals surface area contributed by atoms with Crippen molar-refractivity contribution in [3.8, 4) is 11.5 Å². The highest BCUT2D eigenvalue weighted by molar-refractivity contribution is 5.96. The van der Waals surface area contributed by atoms with Gasteiger partial charge in [-0.25, -0.2) is 9.18 Å². The van der Waals surface area contributed by atoms with E-state index in [1.807, 2.05) is 0 Å². The Morgan fingerprint density at radius 1 is 1.17 bits per heavy atom. The van der Waals surface area contributed by atoms with Crippen molar-refractivity contribution < 1.29 is 28.9 Å². The van der Waals surface area contributed by atoms with Crippen LogP contribution in [-0.2, 0) is 9.53 Å². The highest BCUT2D eigenvalue weighted by Gasteiger charge is 2.15. The molecule has 0 heterocycles. The predicted molar refractivity (Wildman–Crippen MR) is 79.8 cm³/mol. The zero-order valence-electron chi connectivity index (χ0n) is 12.2. The summed E-state index contributed by atoms with van der Waals surface area (Å²) in [5, 5.41) is 21.0. The average Bonchev–Trinajstić information content (AvgIpc) is 2.48. The lowest BCUT2D eigenvalue weighted by atomic mass is 10.2. The Hall–Kier alpha value is -3.09. The lowest BCUT2D eigenvalue weighted by molar-refractivity contribution is -0.119. The molecule has 23 heavy (non-hydrogen) atoms. The van der Waals surface area contributed by atoms with Crippen LogP contribution in [0.25, 0.3) is 0 Å². The lowest BCUT2D eigenvalue weighted by Crippen LogP contribution is -2.21. The van der Waals surface area contributed by atoms with Gasteiger partial charge in [0.05, 0.1) is 0 Å². The Labute approximate surface area is 131 Å². The summed E-state index contributed by atoms with van der Waals surface area (Å²) in [6.45, 7) is 0.988. The molecule has 0 saturated carbocycles. The summed E-state index contributed by atoms with van der Waals surface area (Å²) in [5.41, 5.74) is 0.496. The summed E-state index contributed by atoms with van der Waals surface area (Å²) in [4.78, 5) is 23.4. The van der Waals surface area contributed by atoms with Crippen molar-refractivity contribution in [3.05, 3.63) is 53.3 Å². The number of rotatable bonds is 4. The number of ether oxygens (including phenoxy) is 1. The maximum Gasteiger partial charge on any atom is 0.342 e. The minimum atomic E-state index is -0.923. The Balaban J connectivity index is 1.93. The van der Waals surface area contributed by atoms with Crippen molar-refractivity contribution in [1.82, 2.24) is 0 Å². The molecule has 1 amide bonds. The van der Waals surface area contributed by atoms with Gasteiger partial charge in [-0.1, -0.05) is 6.07 Å². The standard InChI is InChI=1S/C16H14FNO5/c1-9-2-3-10(6-13(9)17)18-15(21)8-23-16(22)12-5-4-11(19)7-14(12)20/h2-7,19-20H,8H2,1H3,(H,18,21). The van der Waals surface area contributed by atoms with Gasteiger partial charge in [0.2, 0.25) is 0 Å². The fraction of sp³-hybridized carbons (Fsp3) is 0.125. The molecule has 0 aliphatic rings. The zero-order chi connectivity index (χ0) is 17.0. The number of benzene rings is 2. The third-order valence-electron chi connectivity index (χ3n) is 2.99. The Morgan fingerprint density at radius 2 is 1.91 bits per heavy atom. The van der Waals surface area contributed by atoms with Crippen molar-refractivity contribution in [2.24, 2.45) is 0 Å². The van der Waals surface area contributed by atoms with Crippen LogP contribution in [0.5, 0.6) is 11.5 Å². The van der Waals surface area contributed by atoms with Crippen LogP contribution < -0.4 is 5.32 Å². The highest BCUT2D eigenvalue weighted by Crippen LogP contribution is 2.23. The highest BCUT2D eigenvalue weighted by atomic mass is 19.1. The number of hydrogen-bond donors (Lipinski definition) is 3. The number of phenols is 2. The number of halogens is 1. The van der Waals surface area contributed by atoms with E-state index in [0.717, 1.165) is 12.1 Å². The minimum absolute atomic E-state index is 0.183. The topological polar surface area (TPSA) is 95.9 Å². The predicted octanol–water partition coefficient (Wildman–Crippen LogP) is 2.34. The van der Waals surface area contributed by atoms with Crippen LogP contribution in [0.3, 0.4) is 0 Å². The molecule has 120 valence electrons. The number of carbonyl (C=O) groups excluding carboxylic acids is 2. The smallest absolute Gasteiger partial charge is 0.342 e. The van der Waals surface area contributed by atoms with Crippen LogP contribution >= 0.6 is 0 Å². The summed E-state index contributed by atoms with van der Waals surface area (Å²) in [6, 6.07) is 7.52. The number of phenolic OH excluding ortho intramolecular Hbond substituents is 2. The van der Waals surface area contributed by atoms with Crippen LogP contribution in [0, 0.1) is 12.7 Å². The molecule has 7 heteroatoms. The molecule has 0 aromatic heterocycles. The minimum Gasteiger partial charge on any atom is -0.508 e. The molecule has 0 unspecified atom stereocenters. The molecule has 0 spiro atoms. The third kappa shape index (κ3) is 4.19. The molecule has 2 aromatic carbocycles. The molecular formula is C16H14FNO5. The maximum absolute atomic E-state index is 13.4. The van der Waals surface area contributed by atoms with Crippen LogP contribution in [-0.4, -0.2) is 28.7 Å². The first-order valence-electron chi connectivity index (χ1n) is 6.62. The Morgan fingerprint density at radius 3 is 2.57 bits per heavy atom. The molecule has 0 saturated heterocycles. The van der Waals surface area contributed by atoms with E-state index < -0.39 is 30.1 Å². The molecule has 2 rings (SSSR count). The van der Waals surface area contributed by atoms with E-state index in [9.17, 15) is 19.1 Å². The molecule has 3 N–H and O–H groups in total. The van der Waals surface area contributed by atoms with Gasteiger partial charge in [-0.05, 0) is 36.8 Å². The van der Waals surface area contributed by atoms with Crippen molar-refractivity contribution in [3.63, 3.8) is 0 Å². The SMILES string of the molecule is Cc1ccc(NC(=O)COC(=O)c2ccc(O)cc2O)cc1F. The summed E-state index contributed by atoms with van der Waals surface area (Å²) < 4.78 is 18.1. The molecule has 0 fully saturated rings. The van der Waals surface area contributed by atoms with Gasteiger partial charge in [0.1, 0.15) is 22.9 Å². The van der Waals surface area contributed by atoms with Crippen LogP contribution in [0.1, 0.15) is 15.9 Å². The van der Waals surface area contributed by atoms with Gasteiger partial charge < -0.3 is 20.3 Å². The number of carbonyl (C=O) groups is 2. The van der Waals surface area contributed by atoms with Gasteiger partial charge in [0.25, 0.3) is 5.91 Å². The first kappa shape index (κ1) is 16.3. The summed E-state index contributed by atoms with van der Waals surface area (Å²) in [5.74, 6) is -2.71. The average molecular weight is 319 g/mol. The van der Waals surface area contributed by atoms with Gasteiger partial charge in [-0.2, -0.15) is 0 Å². The van der Waals surface area contributed by atoms with Gasteiger partial charge in [0.15, 0.2) is 6.61 Å². The van der Waals surface area contributed by atoms with E-state index in [1.165, 1.54) is 24.3 Å². The number of anilines is 1. The van der Waals surface area contributed by atoms with E-state index in [-0.39, 0.29) is 17.0 Å². The Kier molecular flexibility index (Phi) is 4.80. The number of amides is 1. The molecule has 0 radical (unpaired) electrons. The van der Waals surface area contributed by atoms with Gasteiger partial charge in [0, 0.05) is 11.8 Å². The van der Waals surface area contributed by atoms with E-state index >= 15 is 0 Å². The number of aryl methyl sites for hydroxylation is 1. The molecule has 0 bridgehead atoms. The molecular weight excluding hydrogens is 305 g/mol. The van der Waals surface area contributed by atoms with Crippen molar-refractivity contribution >= 4 is 17.6 Å². The second kappa shape index (κ2) is 6.78. The normalized spacial score (nSPS) is 10.2. The largest absolute Gasteiger partial charge is 0.508 e. The van der Waals surface area contributed by atoms with Gasteiger partial charge >= 0.3 is 5.97 Å². The first-order chi connectivity index (χ1) is 10.9. The van der Waals surface area contributed by atoms with Crippen molar-refractivity contribution in [2.45, 2.75) is 6.92 Å². The molecule has 0 aliphatic carbocycles. The van der Waals surface area contributed by atoms with Gasteiger partial charge in [-0.3, -0.25) is 4.79 Å². The lowest BCUT2D eigenvalue weighted by Gasteiger charge is -2.08. The first-order valence-corrected chi connectivity index (χ1v) is 6.62. The van der Waals surface area contributed by atoms with E-state index in [1.54, 1.807) is 6.92 Å².